The van der Waals surface area contributed by atoms with Gasteiger partial charge >= 0.3 is 0 Å². The number of ether oxygens (including phenoxy) is 1. The first-order valence-electron chi connectivity index (χ1n) is 10.2. The predicted molar refractivity (Wildman–Crippen MR) is 129 cm³/mol. The number of aryl methyl sites for hydroxylation is 1. The Morgan fingerprint density at radius 3 is 2.84 bits per heavy atom. The number of carbonyl (C=O) groups excluding carboxylic acids is 1. The molecule has 0 aliphatic heterocycles. The summed E-state index contributed by atoms with van der Waals surface area (Å²) in [4.78, 5) is 13.8. The van der Waals surface area contributed by atoms with Crippen molar-refractivity contribution < 1.29 is 9.53 Å². The van der Waals surface area contributed by atoms with Crippen LogP contribution in [0, 0.1) is 11.3 Å². The number of nitrogens with zero attached hydrogens (tertiary/aromatic N) is 4. The average molecular weight is 532 g/mol. The second kappa shape index (κ2) is 10.1. The number of nitriles is 1. The van der Waals surface area contributed by atoms with Gasteiger partial charge in [0.25, 0.3) is 0 Å². The first kappa shape index (κ1) is 22.8. The van der Waals surface area contributed by atoms with Crippen LogP contribution in [-0.4, -0.2) is 26.4 Å². The van der Waals surface area contributed by atoms with Crippen molar-refractivity contribution in [3.63, 3.8) is 0 Å². The molecule has 3 aromatic rings. The lowest BCUT2D eigenvalue weighted by Crippen LogP contribution is -2.15. The summed E-state index contributed by atoms with van der Waals surface area (Å²) in [5.74, 6) is 1.44. The molecular formula is C22H22BrN5O2S2. The molecule has 2 heterocycles. The van der Waals surface area contributed by atoms with Crippen molar-refractivity contribution in [3.8, 4) is 11.8 Å². The highest BCUT2D eigenvalue weighted by atomic mass is 79.9. The van der Waals surface area contributed by atoms with E-state index >= 15 is 0 Å². The Hall–Kier alpha value is -2.35. The van der Waals surface area contributed by atoms with Crippen LogP contribution < -0.4 is 10.1 Å². The van der Waals surface area contributed by atoms with Crippen LogP contribution in [0.25, 0.3) is 0 Å². The van der Waals surface area contributed by atoms with E-state index in [1.807, 2.05) is 42.8 Å². The Morgan fingerprint density at radius 2 is 2.09 bits per heavy atom. The SMILES string of the molecule is CC(Oc1ccc(Br)cc1)c1nnc(SCC(=O)Nc2sc3c(c2C#N)CCCC3)n1C. The maximum atomic E-state index is 12.6. The summed E-state index contributed by atoms with van der Waals surface area (Å²) in [5.41, 5.74) is 1.74. The van der Waals surface area contributed by atoms with Crippen LogP contribution in [0.15, 0.2) is 33.9 Å². The molecule has 1 atom stereocenters. The monoisotopic (exact) mass is 531 g/mol. The number of fused-ring (bicyclic) bond motifs is 1. The molecule has 10 heteroatoms. The third-order valence-electron chi connectivity index (χ3n) is 5.23. The second-order valence-corrected chi connectivity index (χ2v) is 10.4. The molecule has 0 spiro atoms. The topological polar surface area (TPSA) is 92.8 Å². The molecule has 1 aliphatic rings. The smallest absolute Gasteiger partial charge is 0.235 e. The number of thiophene rings is 1. The predicted octanol–water partition coefficient (Wildman–Crippen LogP) is 5.26. The van der Waals surface area contributed by atoms with Crippen LogP contribution in [0.3, 0.4) is 0 Å². The number of hydrogen-bond acceptors (Lipinski definition) is 7. The van der Waals surface area contributed by atoms with Crippen LogP contribution in [0.1, 0.15) is 47.7 Å². The van der Waals surface area contributed by atoms with Crippen LogP contribution in [0.5, 0.6) is 5.75 Å². The molecule has 0 saturated carbocycles. The summed E-state index contributed by atoms with van der Waals surface area (Å²) in [6.07, 6.45) is 3.84. The van der Waals surface area contributed by atoms with Gasteiger partial charge in [0.1, 0.15) is 16.8 Å². The van der Waals surface area contributed by atoms with Crippen molar-refractivity contribution in [2.24, 2.45) is 7.05 Å². The van der Waals surface area contributed by atoms with Crippen molar-refractivity contribution in [2.45, 2.75) is 43.9 Å². The Bertz CT molecular complexity index is 1170. The minimum atomic E-state index is -0.299. The van der Waals surface area contributed by atoms with Crippen LogP contribution >= 0.6 is 39.0 Å². The van der Waals surface area contributed by atoms with E-state index in [4.69, 9.17) is 4.74 Å². The highest BCUT2D eigenvalue weighted by Gasteiger charge is 2.22. The van der Waals surface area contributed by atoms with Gasteiger partial charge in [-0.2, -0.15) is 5.26 Å². The first-order valence-corrected chi connectivity index (χ1v) is 12.8. The Kier molecular flexibility index (Phi) is 7.18. The van der Waals surface area contributed by atoms with Gasteiger partial charge in [-0.25, -0.2) is 0 Å². The number of amides is 1. The maximum absolute atomic E-state index is 12.6. The maximum Gasteiger partial charge on any atom is 0.235 e. The number of aromatic nitrogens is 3. The molecule has 2 aromatic heterocycles. The zero-order valence-corrected chi connectivity index (χ0v) is 20.9. The van der Waals surface area contributed by atoms with Crippen molar-refractivity contribution in [1.29, 1.82) is 5.26 Å². The number of hydrogen-bond donors (Lipinski definition) is 1. The normalized spacial score (nSPS) is 13.8. The Balaban J connectivity index is 1.37. The summed E-state index contributed by atoms with van der Waals surface area (Å²) in [6, 6.07) is 9.88. The molecule has 32 heavy (non-hydrogen) atoms. The zero-order valence-electron chi connectivity index (χ0n) is 17.7. The quantitative estimate of drug-likeness (QED) is 0.418. The number of nitrogens with one attached hydrogen (secondary N) is 1. The van der Waals surface area contributed by atoms with Crippen LogP contribution in [-0.2, 0) is 24.7 Å². The van der Waals surface area contributed by atoms with E-state index < -0.39 is 0 Å². The number of anilines is 1. The summed E-state index contributed by atoms with van der Waals surface area (Å²) >= 11 is 6.25. The lowest BCUT2D eigenvalue weighted by atomic mass is 9.96. The molecule has 0 saturated heterocycles. The summed E-state index contributed by atoms with van der Waals surface area (Å²) in [7, 11) is 1.86. The second-order valence-electron chi connectivity index (χ2n) is 7.48. The van der Waals surface area contributed by atoms with Gasteiger partial charge < -0.3 is 14.6 Å². The number of rotatable bonds is 7. The van der Waals surface area contributed by atoms with E-state index in [0.29, 0.717) is 21.5 Å². The van der Waals surface area contributed by atoms with Crippen molar-refractivity contribution in [1.82, 2.24) is 14.8 Å². The number of halogens is 1. The van der Waals surface area contributed by atoms with E-state index in [9.17, 15) is 10.1 Å². The van der Waals surface area contributed by atoms with Crippen molar-refractivity contribution >= 4 is 49.9 Å². The summed E-state index contributed by atoms with van der Waals surface area (Å²) < 4.78 is 8.78. The van der Waals surface area contributed by atoms with E-state index in [0.717, 1.165) is 41.5 Å². The molecule has 1 aromatic carbocycles. The van der Waals surface area contributed by atoms with Crippen LogP contribution in [0.2, 0.25) is 0 Å². The molecule has 7 nitrogen and oxygen atoms in total. The Morgan fingerprint density at radius 1 is 1.34 bits per heavy atom. The fraction of sp³-hybridized carbons (Fsp3) is 0.364. The molecular weight excluding hydrogens is 510 g/mol. The molecule has 0 bridgehead atoms. The molecule has 1 aliphatic carbocycles. The van der Waals surface area contributed by atoms with Gasteiger partial charge in [-0.3, -0.25) is 4.79 Å². The van der Waals surface area contributed by atoms with Crippen LogP contribution in [0.4, 0.5) is 5.00 Å². The highest BCUT2D eigenvalue weighted by Crippen LogP contribution is 2.37. The third kappa shape index (κ3) is 5.00. The van der Waals surface area contributed by atoms with E-state index in [2.05, 4.69) is 37.5 Å². The van der Waals surface area contributed by atoms with Crippen molar-refractivity contribution in [3.05, 3.63) is 50.6 Å². The van der Waals surface area contributed by atoms with Gasteiger partial charge in [0.05, 0.1) is 11.3 Å². The fourth-order valence-electron chi connectivity index (χ4n) is 3.64. The first-order chi connectivity index (χ1) is 15.5. The van der Waals surface area contributed by atoms with Gasteiger partial charge in [-0.05, 0) is 62.4 Å². The lowest BCUT2D eigenvalue weighted by molar-refractivity contribution is -0.113. The van der Waals surface area contributed by atoms with Gasteiger partial charge in [-0.1, -0.05) is 27.7 Å². The fourth-order valence-corrected chi connectivity index (χ4v) is 5.88. The molecule has 166 valence electrons. The highest BCUT2D eigenvalue weighted by molar-refractivity contribution is 9.10. The van der Waals surface area contributed by atoms with Crippen molar-refractivity contribution in [2.75, 3.05) is 11.1 Å². The molecule has 1 N–H and O–H groups in total. The largest absolute Gasteiger partial charge is 0.483 e. The van der Waals surface area contributed by atoms with E-state index in [-0.39, 0.29) is 17.8 Å². The standard InChI is InChI=1S/C22H22BrN5O2S2/c1-13(30-15-9-7-14(23)8-10-15)20-26-27-22(28(20)2)31-12-19(29)25-21-17(11-24)16-5-3-4-6-18(16)32-21/h7-10,13H,3-6,12H2,1-2H3,(H,25,29). The van der Waals surface area contributed by atoms with Gasteiger partial charge in [0.2, 0.25) is 5.91 Å². The molecule has 1 amide bonds. The average Bonchev–Trinajstić information content (AvgIpc) is 3.33. The number of benzene rings is 1. The zero-order chi connectivity index (χ0) is 22.7. The summed E-state index contributed by atoms with van der Waals surface area (Å²) in [6.45, 7) is 1.91. The number of carbonyl (C=O) groups is 1. The number of thioether (sulfide) groups is 1. The van der Waals surface area contributed by atoms with Gasteiger partial charge in [-0.15, -0.1) is 21.5 Å². The summed E-state index contributed by atoms with van der Waals surface area (Å²) in [5, 5.41) is 22.2. The molecule has 1 unspecified atom stereocenters. The van der Waals surface area contributed by atoms with Gasteiger partial charge in [0, 0.05) is 16.4 Å². The minimum absolute atomic E-state index is 0.159. The minimum Gasteiger partial charge on any atom is -0.483 e. The lowest BCUT2D eigenvalue weighted by Gasteiger charge is -2.14. The van der Waals surface area contributed by atoms with Gasteiger partial charge in [0.15, 0.2) is 17.1 Å². The molecule has 0 fully saturated rings. The Labute approximate surface area is 203 Å². The van der Waals surface area contributed by atoms with E-state index in [1.165, 1.54) is 28.0 Å². The third-order valence-corrected chi connectivity index (χ3v) is 7.98. The molecule has 0 radical (unpaired) electrons. The molecule has 4 rings (SSSR count). The van der Waals surface area contributed by atoms with E-state index in [1.54, 1.807) is 0 Å².